The van der Waals surface area contributed by atoms with Crippen LogP contribution in [0.1, 0.15) is 13.8 Å². The van der Waals surface area contributed by atoms with Gasteiger partial charge in [-0.25, -0.2) is 0 Å². The van der Waals surface area contributed by atoms with Crippen molar-refractivity contribution >= 4 is 0 Å². The molecule has 0 spiro atoms. The van der Waals surface area contributed by atoms with E-state index in [0.717, 1.165) is 0 Å². The Kier molecular flexibility index (Phi) is 5.16. The molecule has 0 aromatic rings. The molecule has 0 unspecified atom stereocenters. The molecular formula is C10H12N2. The van der Waals surface area contributed by atoms with E-state index in [0.29, 0.717) is 0 Å². The molecule has 0 heterocycles. The van der Waals surface area contributed by atoms with Crippen LogP contribution >= 0.6 is 0 Å². The van der Waals surface area contributed by atoms with Gasteiger partial charge in [-0.15, -0.1) is 0 Å². The number of hydrogen-bond donors (Lipinski definition) is 0. The number of nitrogens with zero attached hydrogens (tertiary/aromatic N) is 2. The summed E-state index contributed by atoms with van der Waals surface area (Å²) in [6, 6.07) is 11.2. The molecule has 0 amide bonds. The standard InChI is InChI=1S/C10H12N2/c1-5-7-11(3)9-10-12(4)8-6-2/h1-4H3. The predicted octanol–water partition coefficient (Wildman–Crippen LogP) is 0.730. The van der Waals surface area contributed by atoms with Crippen molar-refractivity contribution in [2.45, 2.75) is 13.8 Å². The Hall–Kier alpha value is -1.72. The molecular weight excluding hydrogens is 148 g/mol. The van der Waals surface area contributed by atoms with Crippen molar-refractivity contribution in [3.8, 4) is 36.0 Å². The van der Waals surface area contributed by atoms with Crippen molar-refractivity contribution in [2.24, 2.45) is 0 Å². The van der Waals surface area contributed by atoms with Crippen LogP contribution in [-0.4, -0.2) is 23.9 Å². The van der Waals surface area contributed by atoms with Gasteiger partial charge in [0.2, 0.25) is 0 Å². The Morgan fingerprint density at radius 3 is 1.25 bits per heavy atom. The normalized spacial score (nSPS) is 6.00. The number of hydrogen-bond acceptors (Lipinski definition) is 2. The first-order chi connectivity index (χ1) is 5.70. The van der Waals surface area contributed by atoms with Gasteiger partial charge in [-0.3, -0.25) is 9.80 Å². The van der Waals surface area contributed by atoms with Crippen LogP contribution in [0, 0.1) is 36.0 Å². The molecule has 0 aliphatic carbocycles. The summed E-state index contributed by atoms with van der Waals surface area (Å²) in [6.45, 7) is 3.54. The summed E-state index contributed by atoms with van der Waals surface area (Å²) in [5.74, 6) is 5.48. The van der Waals surface area contributed by atoms with Crippen LogP contribution in [0.3, 0.4) is 0 Å². The largest absolute Gasteiger partial charge is 0.262 e. The summed E-state index contributed by atoms with van der Waals surface area (Å²) in [5.41, 5.74) is 0. The van der Waals surface area contributed by atoms with Gasteiger partial charge >= 0.3 is 0 Å². The van der Waals surface area contributed by atoms with Crippen LogP contribution < -0.4 is 0 Å². The SMILES string of the molecule is CC#CN(C)C#CN(C)C#CC. The minimum atomic E-state index is 1.60. The summed E-state index contributed by atoms with van der Waals surface area (Å²) < 4.78 is 0. The molecule has 62 valence electrons. The molecule has 0 aliphatic rings. The van der Waals surface area contributed by atoms with Crippen molar-refractivity contribution in [3.63, 3.8) is 0 Å². The highest BCUT2D eigenvalue weighted by Gasteiger charge is 1.81. The Labute approximate surface area is 74.5 Å². The molecule has 0 bridgehead atoms. The average Bonchev–Trinajstić information content (AvgIpc) is 2.02. The average molecular weight is 160 g/mol. The summed E-state index contributed by atoms with van der Waals surface area (Å²) in [4.78, 5) is 3.21. The van der Waals surface area contributed by atoms with Gasteiger partial charge in [0.15, 0.2) is 0 Å². The smallest absolute Gasteiger partial charge is 0.0442 e. The van der Waals surface area contributed by atoms with E-state index in [-0.39, 0.29) is 0 Å². The highest BCUT2D eigenvalue weighted by Crippen LogP contribution is 1.75. The van der Waals surface area contributed by atoms with Crippen LogP contribution in [0.5, 0.6) is 0 Å². The van der Waals surface area contributed by atoms with Crippen molar-refractivity contribution in [1.29, 1.82) is 0 Å². The second-order valence-corrected chi connectivity index (χ2v) is 2.07. The van der Waals surface area contributed by atoms with Gasteiger partial charge in [-0.05, 0) is 13.8 Å². The molecule has 0 aliphatic heterocycles. The molecule has 0 aromatic carbocycles. The summed E-state index contributed by atoms with van der Waals surface area (Å²) >= 11 is 0. The lowest BCUT2D eigenvalue weighted by molar-refractivity contribution is 0.662. The fraction of sp³-hybridized carbons (Fsp3) is 0.400. The molecule has 2 nitrogen and oxygen atoms in total. The molecule has 12 heavy (non-hydrogen) atoms. The molecule has 0 atom stereocenters. The first-order valence-electron chi connectivity index (χ1n) is 3.54. The zero-order chi connectivity index (χ0) is 9.40. The van der Waals surface area contributed by atoms with Crippen molar-refractivity contribution in [2.75, 3.05) is 14.1 Å². The minimum absolute atomic E-state index is 1.60. The lowest BCUT2D eigenvalue weighted by Gasteiger charge is -2.00. The summed E-state index contributed by atoms with van der Waals surface area (Å²) in [6.07, 6.45) is 0. The molecule has 0 fully saturated rings. The third-order valence-electron chi connectivity index (χ3n) is 0.944. The lowest BCUT2D eigenvalue weighted by Crippen LogP contribution is -2.06. The molecule has 0 N–H and O–H groups in total. The highest BCUT2D eigenvalue weighted by molar-refractivity contribution is 5.10. The van der Waals surface area contributed by atoms with Crippen molar-refractivity contribution in [1.82, 2.24) is 9.80 Å². The van der Waals surface area contributed by atoms with Gasteiger partial charge in [-0.2, -0.15) is 0 Å². The first-order valence-corrected chi connectivity index (χ1v) is 3.54. The van der Waals surface area contributed by atoms with E-state index in [4.69, 9.17) is 0 Å². The molecule has 2 heteroatoms. The van der Waals surface area contributed by atoms with Gasteiger partial charge in [0, 0.05) is 38.3 Å². The first kappa shape index (κ1) is 10.3. The maximum Gasteiger partial charge on any atom is 0.0442 e. The minimum Gasteiger partial charge on any atom is -0.262 e. The van der Waals surface area contributed by atoms with E-state index < -0.39 is 0 Å². The third kappa shape index (κ3) is 5.10. The predicted molar refractivity (Wildman–Crippen MR) is 50.2 cm³/mol. The Bertz CT molecular complexity index is 268. The molecule has 0 saturated heterocycles. The zero-order valence-corrected chi connectivity index (χ0v) is 7.89. The second kappa shape index (κ2) is 6.02. The van der Waals surface area contributed by atoms with E-state index in [1.165, 1.54) is 0 Å². The fourth-order valence-corrected chi connectivity index (χ4v) is 0.541. The van der Waals surface area contributed by atoms with E-state index in [1.807, 2.05) is 0 Å². The molecule has 0 radical (unpaired) electrons. The summed E-state index contributed by atoms with van der Waals surface area (Å²) in [7, 11) is 3.60. The van der Waals surface area contributed by atoms with Crippen molar-refractivity contribution < 1.29 is 0 Å². The topological polar surface area (TPSA) is 6.48 Å². The van der Waals surface area contributed by atoms with Crippen molar-refractivity contribution in [3.05, 3.63) is 0 Å². The zero-order valence-electron chi connectivity index (χ0n) is 7.89. The maximum absolute atomic E-state index is 2.80. The second-order valence-electron chi connectivity index (χ2n) is 2.07. The highest BCUT2D eigenvalue weighted by atomic mass is 15.1. The Morgan fingerprint density at radius 2 is 1.00 bits per heavy atom. The summed E-state index contributed by atoms with van der Waals surface area (Å²) in [5, 5.41) is 0. The van der Waals surface area contributed by atoms with E-state index >= 15 is 0 Å². The van der Waals surface area contributed by atoms with E-state index in [1.54, 1.807) is 37.7 Å². The molecule has 0 rings (SSSR count). The van der Waals surface area contributed by atoms with Crippen LogP contribution in [0.4, 0.5) is 0 Å². The van der Waals surface area contributed by atoms with Gasteiger partial charge in [-0.1, -0.05) is 11.8 Å². The lowest BCUT2D eigenvalue weighted by atomic mass is 10.7. The van der Waals surface area contributed by atoms with Gasteiger partial charge in [0.25, 0.3) is 0 Å². The Balaban J connectivity index is 4.14. The Morgan fingerprint density at radius 1 is 0.667 bits per heavy atom. The maximum atomic E-state index is 2.80. The third-order valence-corrected chi connectivity index (χ3v) is 0.944. The number of rotatable bonds is 0. The van der Waals surface area contributed by atoms with E-state index in [9.17, 15) is 0 Å². The quantitative estimate of drug-likeness (QED) is 0.381. The van der Waals surface area contributed by atoms with E-state index in [2.05, 4.69) is 36.0 Å². The fourth-order valence-electron chi connectivity index (χ4n) is 0.541. The molecule has 0 saturated carbocycles. The van der Waals surface area contributed by atoms with Crippen LogP contribution in [0.15, 0.2) is 0 Å². The van der Waals surface area contributed by atoms with Gasteiger partial charge in [0.05, 0.1) is 0 Å². The van der Waals surface area contributed by atoms with Crippen LogP contribution in [0.25, 0.3) is 0 Å². The van der Waals surface area contributed by atoms with Gasteiger partial charge in [0.1, 0.15) is 0 Å². The van der Waals surface area contributed by atoms with Crippen LogP contribution in [0.2, 0.25) is 0 Å². The van der Waals surface area contributed by atoms with Crippen LogP contribution in [-0.2, 0) is 0 Å². The van der Waals surface area contributed by atoms with Gasteiger partial charge < -0.3 is 0 Å². The monoisotopic (exact) mass is 160 g/mol. The molecule has 0 aromatic heterocycles.